The summed E-state index contributed by atoms with van der Waals surface area (Å²) >= 11 is 0. The molecule has 2 unspecified atom stereocenters. The number of aromatic nitrogens is 1. The molecule has 3 rings (SSSR count). The molecule has 7 nitrogen and oxygen atoms in total. The minimum Gasteiger partial charge on any atom is -0.466 e. The van der Waals surface area contributed by atoms with Crippen LogP contribution in [0.15, 0.2) is 65.1 Å². The van der Waals surface area contributed by atoms with Gasteiger partial charge in [0, 0.05) is 18.0 Å². The molecule has 1 aromatic carbocycles. The van der Waals surface area contributed by atoms with Gasteiger partial charge >= 0.3 is 5.97 Å². The molecule has 0 radical (unpaired) electrons. The number of benzene rings is 1. The number of nitrogens with one attached hydrogen (secondary N) is 1. The number of carbonyl (C=O) groups is 2. The Hall–Kier alpha value is -3.09. The fourth-order valence-electron chi connectivity index (χ4n) is 2.71. The van der Waals surface area contributed by atoms with Crippen LogP contribution in [0.2, 0.25) is 0 Å². The molecule has 7 heteroatoms. The Labute approximate surface area is 138 Å². The van der Waals surface area contributed by atoms with Crippen LogP contribution in [-0.4, -0.2) is 36.2 Å². The number of methoxy groups -OCH3 is 1. The minimum atomic E-state index is -1.58. The second kappa shape index (κ2) is 6.57. The van der Waals surface area contributed by atoms with Crippen LogP contribution >= 0.6 is 0 Å². The van der Waals surface area contributed by atoms with Gasteiger partial charge in [-0.25, -0.2) is 4.79 Å². The third-order valence-electron chi connectivity index (χ3n) is 3.94. The number of hydrogen-bond donors (Lipinski definition) is 1. The molecule has 2 heterocycles. The molecule has 0 fully saturated rings. The Morgan fingerprint density at radius 2 is 1.88 bits per heavy atom. The SMILES string of the molecule is COC(=O)C1(NC(=O)c2ccccc2)N=NCC1c1ccncc1. The molecule has 1 aromatic heterocycles. The first-order valence-electron chi connectivity index (χ1n) is 7.42. The summed E-state index contributed by atoms with van der Waals surface area (Å²) in [6.07, 6.45) is 3.24. The largest absolute Gasteiger partial charge is 0.466 e. The molecule has 122 valence electrons. The minimum absolute atomic E-state index is 0.272. The van der Waals surface area contributed by atoms with Gasteiger partial charge in [-0.3, -0.25) is 9.78 Å². The van der Waals surface area contributed by atoms with E-state index in [1.54, 1.807) is 48.8 Å². The first kappa shape index (κ1) is 15.8. The van der Waals surface area contributed by atoms with Crippen molar-refractivity contribution in [3.05, 3.63) is 66.0 Å². The van der Waals surface area contributed by atoms with E-state index in [0.29, 0.717) is 5.56 Å². The molecular formula is C17H16N4O3. The molecule has 1 amide bonds. The van der Waals surface area contributed by atoms with Gasteiger partial charge in [0.15, 0.2) is 0 Å². The van der Waals surface area contributed by atoms with E-state index in [0.717, 1.165) is 5.56 Å². The Bertz CT molecular complexity index is 764. The first-order chi connectivity index (χ1) is 11.7. The number of pyridine rings is 1. The van der Waals surface area contributed by atoms with E-state index in [2.05, 4.69) is 20.5 Å². The van der Waals surface area contributed by atoms with Crippen molar-refractivity contribution in [3.8, 4) is 0 Å². The lowest BCUT2D eigenvalue weighted by Crippen LogP contribution is -2.56. The molecule has 0 spiro atoms. The molecule has 0 aliphatic carbocycles. The van der Waals surface area contributed by atoms with Crippen molar-refractivity contribution in [2.75, 3.05) is 13.7 Å². The number of azo groups is 1. The predicted molar refractivity (Wildman–Crippen MR) is 85.4 cm³/mol. The fourth-order valence-corrected chi connectivity index (χ4v) is 2.71. The van der Waals surface area contributed by atoms with Crippen LogP contribution in [-0.2, 0) is 9.53 Å². The van der Waals surface area contributed by atoms with E-state index in [4.69, 9.17) is 4.74 Å². The summed E-state index contributed by atoms with van der Waals surface area (Å²) in [6.45, 7) is 0.272. The molecule has 0 bridgehead atoms. The van der Waals surface area contributed by atoms with Crippen LogP contribution in [0.1, 0.15) is 21.8 Å². The van der Waals surface area contributed by atoms with E-state index in [1.807, 2.05) is 6.07 Å². The maximum absolute atomic E-state index is 12.6. The number of hydrogen-bond acceptors (Lipinski definition) is 6. The number of carbonyl (C=O) groups excluding carboxylic acids is 2. The van der Waals surface area contributed by atoms with Crippen LogP contribution < -0.4 is 5.32 Å². The second-order valence-corrected chi connectivity index (χ2v) is 5.34. The Morgan fingerprint density at radius 3 is 2.54 bits per heavy atom. The van der Waals surface area contributed by atoms with Crippen molar-refractivity contribution < 1.29 is 14.3 Å². The standard InChI is InChI=1S/C17H16N4O3/c1-24-16(23)17(20-15(22)13-5-3-2-4-6-13)14(11-19-21-17)12-7-9-18-10-8-12/h2-10,14H,11H2,1H3,(H,20,22). The molecule has 2 aromatic rings. The summed E-state index contributed by atoms with van der Waals surface area (Å²) < 4.78 is 4.90. The van der Waals surface area contributed by atoms with Gasteiger partial charge in [-0.05, 0) is 29.8 Å². The summed E-state index contributed by atoms with van der Waals surface area (Å²) in [7, 11) is 1.26. The normalized spacial score (nSPS) is 22.1. The van der Waals surface area contributed by atoms with Crippen molar-refractivity contribution in [3.63, 3.8) is 0 Å². The van der Waals surface area contributed by atoms with Gasteiger partial charge in [0.05, 0.1) is 19.6 Å². The predicted octanol–water partition coefficient (Wildman–Crippen LogP) is 1.93. The summed E-state index contributed by atoms with van der Waals surface area (Å²) in [5.74, 6) is -1.53. The van der Waals surface area contributed by atoms with Crippen LogP contribution in [0.25, 0.3) is 0 Å². The molecular weight excluding hydrogens is 308 g/mol. The quantitative estimate of drug-likeness (QED) is 0.870. The number of esters is 1. The molecule has 1 aliphatic heterocycles. The number of ether oxygens (including phenoxy) is 1. The summed E-state index contributed by atoms with van der Waals surface area (Å²) in [5.41, 5.74) is -0.353. The van der Waals surface area contributed by atoms with Crippen molar-refractivity contribution in [2.24, 2.45) is 10.2 Å². The van der Waals surface area contributed by atoms with Crippen molar-refractivity contribution in [1.82, 2.24) is 10.3 Å². The number of amides is 1. The highest BCUT2D eigenvalue weighted by molar-refractivity contribution is 5.98. The van der Waals surface area contributed by atoms with Gasteiger partial charge < -0.3 is 10.1 Å². The zero-order valence-electron chi connectivity index (χ0n) is 13.0. The lowest BCUT2D eigenvalue weighted by atomic mass is 9.87. The first-order valence-corrected chi connectivity index (χ1v) is 7.42. The van der Waals surface area contributed by atoms with E-state index < -0.39 is 23.5 Å². The van der Waals surface area contributed by atoms with Crippen LogP contribution in [0, 0.1) is 0 Å². The van der Waals surface area contributed by atoms with Crippen LogP contribution in [0.3, 0.4) is 0 Å². The summed E-state index contributed by atoms with van der Waals surface area (Å²) in [6, 6.07) is 12.2. The van der Waals surface area contributed by atoms with Gasteiger partial charge in [0.25, 0.3) is 11.6 Å². The summed E-state index contributed by atoms with van der Waals surface area (Å²) in [4.78, 5) is 29.0. The fraction of sp³-hybridized carbons (Fsp3) is 0.235. The lowest BCUT2D eigenvalue weighted by Gasteiger charge is -2.29. The third kappa shape index (κ3) is 2.76. The number of rotatable bonds is 4. The average molecular weight is 324 g/mol. The summed E-state index contributed by atoms with van der Waals surface area (Å²) in [5, 5.41) is 10.8. The highest BCUT2D eigenvalue weighted by Crippen LogP contribution is 2.36. The molecule has 1 N–H and O–H groups in total. The van der Waals surface area contributed by atoms with Crippen molar-refractivity contribution in [1.29, 1.82) is 0 Å². The Morgan fingerprint density at radius 1 is 1.17 bits per heavy atom. The monoisotopic (exact) mass is 324 g/mol. The third-order valence-corrected chi connectivity index (χ3v) is 3.94. The average Bonchev–Trinajstić information content (AvgIpc) is 3.07. The smallest absolute Gasteiger partial charge is 0.357 e. The van der Waals surface area contributed by atoms with E-state index in [-0.39, 0.29) is 6.54 Å². The van der Waals surface area contributed by atoms with Crippen LogP contribution in [0.5, 0.6) is 0 Å². The zero-order valence-corrected chi connectivity index (χ0v) is 13.0. The van der Waals surface area contributed by atoms with Crippen molar-refractivity contribution in [2.45, 2.75) is 11.6 Å². The molecule has 24 heavy (non-hydrogen) atoms. The maximum atomic E-state index is 12.6. The zero-order chi connectivity index (χ0) is 17.0. The van der Waals surface area contributed by atoms with E-state index in [9.17, 15) is 9.59 Å². The van der Waals surface area contributed by atoms with Gasteiger partial charge in [-0.2, -0.15) is 10.2 Å². The van der Waals surface area contributed by atoms with Crippen molar-refractivity contribution >= 4 is 11.9 Å². The molecule has 2 atom stereocenters. The van der Waals surface area contributed by atoms with Gasteiger partial charge in [0.1, 0.15) is 0 Å². The Kier molecular flexibility index (Phi) is 4.33. The molecule has 0 saturated carbocycles. The molecule has 1 aliphatic rings. The topological polar surface area (TPSA) is 93.0 Å². The highest BCUT2D eigenvalue weighted by atomic mass is 16.5. The highest BCUT2D eigenvalue weighted by Gasteiger charge is 2.52. The van der Waals surface area contributed by atoms with Gasteiger partial charge in [-0.1, -0.05) is 18.2 Å². The lowest BCUT2D eigenvalue weighted by molar-refractivity contribution is -0.148. The molecule has 0 saturated heterocycles. The number of nitrogens with zero attached hydrogens (tertiary/aromatic N) is 3. The van der Waals surface area contributed by atoms with Crippen LogP contribution in [0.4, 0.5) is 0 Å². The van der Waals surface area contributed by atoms with E-state index >= 15 is 0 Å². The Balaban J connectivity index is 1.97. The van der Waals surface area contributed by atoms with E-state index in [1.165, 1.54) is 7.11 Å². The van der Waals surface area contributed by atoms with Gasteiger partial charge in [-0.15, -0.1) is 0 Å². The maximum Gasteiger partial charge on any atom is 0.357 e. The second-order valence-electron chi connectivity index (χ2n) is 5.34. The van der Waals surface area contributed by atoms with Gasteiger partial charge in [0.2, 0.25) is 0 Å².